The Balaban J connectivity index is 0.000000198. The molecular formula is C20H18N2OS. The largest absolute Gasteiger partial charge is 0.389 e. The Kier molecular flexibility index (Phi) is 6.68. The van der Waals surface area contributed by atoms with Gasteiger partial charge in [-0.2, -0.15) is 0 Å². The highest BCUT2D eigenvalue weighted by molar-refractivity contribution is 7.80. The fourth-order valence-corrected chi connectivity index (χ4v) is 2.05. The Hall–Kier alpha value is -2.98. The van der Waals surface area contributed by atoms with Crippen LogP contribution in [-0.2, 0) is 0 Å². The van der Waals surface area contributed by atoms with Crippen molar-refractivity contribution in [3.05, 3.63) is 102 Å². The van der Waals surface area contributed by atoms with E-state index in [1.807, 2.05) is 78.9 Å². The van der Waals surface area contributed by atoms with E-state index < -0.39 is 0 Å². The van der Waals surface area contributed by atoms with Gasteiger partial charge in [0.05, 0.1) is 0 Å². The SMILES string of the molecule is NC(=S)c1ccccc1.O=C(Nc1ccccc1)c1ccccc1. The second-order valence-electron chi connectivity index (χ2n) is 4.92. The lowest BCUT2D eigenvalue weighted by molar-refractivity contribution is 0.102. The monoisotopic (exact) mass is 334 g/mol. The van der Waals surface area contributed by atoms with Gasteiger partial charge in [0.15, 0.2) is 0 Å². The molecule has 0 aliphatic heterocycles. The van der Waals surface area contributed by atoms with Crippen LogP contribution in [0.3, 0.4) is 0 Å². The van der Waals surface area contributed by atoms with Crippen LogP contribution in [0.15, 0.2) is 91.0 Å². The van der Waals surface area contributed by atoms with E-state index in [1.54, 1.807) is 12.1 Å². The lowest BCUT2D eigenvalue weighted by Gasteiger charge is -2.03. The summed E-state index contributed by atoms with van der Waals surface area (Å²) < 4.78 is 0. The molecule has 24 heavy (non-hydrogen) atoms. The molecule has 1 amide bonds. The quantitative estimate of drug-likeness (QED) is 0.704. The van der Waals surface area contributed by atoms with Crippen molar-refractivity contribution >= 4 is 28.8 Å². The number of para-hydroxylation sites is 1. The van der Waals surface area contributed by atoms with Crippen molar-refractivity contribution in [1.29, 1.82) is 0 Å². The molecule has 0 aromatic heterocycles. The fraction of sp³-hybridized carbons (Fsp3) is 0. The number of nitrogens with two attached hydrogens (primary N) is 1. The first-order valence-corrected chi connectivity index (χ1v) is 7.84. The van der Waals surface area contributed by atoms with Gasteiger partial charge in [-0.05, 0) is 24.3 Å². The van der Waals surface area contributed by atoms with Gasteiger partial charge in [-0.1, -0.05) is 78.9 Å². The van der Waals surface area contributed by atoms with E-state index in [0.717, 1.165) is 11.3 Å². The van der Waals surface area contributed by atoms with Gasteiger partial charge in [-0.3, -0.25) is 4.79 Å². The van der Waals surface area contributed by atoms with E-state index >= 15 is 0 Å². The number of carbonyl (C=O) groups is 1. The number of hydrogen-bond acceptors (Lipinski definition) is 2. The average Bonchev–Trinajstić information content (AvgIpc) is 2.64. The van der Waals surface area contributed by atoms with Gasteiger partial charge in [-0.15, -0.1) is 0 Å². The predicted octanol–water partition coefficient (Wildman–Crippen LogP) is 4.26. The van der Waals surface area contributed by atoms with E-state index in [1.165, 1.54) is 0 Å². The molecule has 0 unspecified atom stereocenters. The lowest BCUT2D eigenvalue weighted by atomic mass is 10.2. The van der Waals surface area contributed by atoms with Gasteiger partial charge in [0.1, 0.15) is 4.99 Å². The first-order valence-electron chi connectivity index (χ1n) is 7.43. The molecule has 0 saturated carbocycles. The number of thiocarbonyl (C=S) groups is 1. The highest BCUT2D eigenvalue weighted by atomic mass is 32.1. The molecule has 3 nitrogen and oxygen atoms in total. The summed E-state index contributed by atoms with van der Waals surface area (Å²) in [6, 6.07) is 28.1. The molecule has 0 aliphatic rings. The zero-order valence-corrected chi connectivity index (χ0v) is 13.9. The Bertz CT molecular complexity index is 775. The number of amides is 1. The van der Waals surface area contributed by atoms with Gasteiger partial charge in [0, 0.05) is 16.8 Å². The van der Waals surface area contributed by atoms with Crippen molar-refractivity contribution in [2.24, 2.45) is 5.73 Å². The third kappa shape index (κ3) is 5.66. The molecular weight excluding hydrogens is 316 g/mol. The first-order chi connectivity index (χ1) is 11.7. The van der Waals surface area contributed by atoms with Gasteiger partial charge in [-0.25, -0.2) is 0 Å². The molecule has 0 heterocycles. The Morgan fingerprint density at radius 2 is 1.12 bits per heavy atom. The maximum atomic E-state index is 11.7. The van der Waals surface area contributed by atoms with Crippen LogP contribution in [0.25, 0.3) is 0 Å². The van der Waals surface area contributed by atoms with Crippen LogP contribution in [0, 0.1) is 0 Å². The highest BCUT2D eigenvalue weighted by Gasteiger charge is 2.03. The number of benzene rings is 3. The average molecular weight is 334 g/mol. The molecule has 0 aliphatic carbocycles. The molecule has 0 saturated heterocycles. The maximum absolute atomic E-state index is 11.7. The minimum Gasteiger partial charge on any atom is -0.389 e. The molecule has 0 atom stereocenters. The van der Waals surface area contributed by atoms with Crippen molar-refractivity contribution in [3.8, 4) is 0 Å². The summed E-state index contributed by atoms with van der Waals surface area (Å²) in [4.78, 5) is 12.2. The van der Waals surface area contributed by atoms with E-state index in [-0.39, 0.29) is 5.91 Å². The minimum atomic E-state index is -0.0817. The zero-order chi connectivity index (χ0) is 17.2. The normalized spacial score (nSPS) is 9.33. The van der Waals surface area contributed by atoms with E-state index in [2.05, 4.69) is 5.32 Å². The zero-order valence-electron chi connectivity index (χ0n) is 13.1. The molecule has 0 fully saturated rings. The van der Waals surface area contributed by atoms with Crippen molar-refractivity contribution in [3.63, 3.8) is 0 Å². The number of anilines is 1. The second kappa shape index (κ2) is 9.22. The van der Waals surface area contributed by atoms with Crippen LogP contribution in [0.5, 0.6) is 0 Å². The molecule has 3 aromatic rings. The van der Waals surface area contributed by atoms with E-state index in [4.69, 9.17) is 18.0 Å². The highest BCUT2D eigenvalue weighted by Crippen LogP contribution is 2.08. The Labute approximate surface area is 147 Å². The molecule has 3 N–H and O–H groups in total. The standard InChI is InChI=1S/C13H11NO.C7H7NS/c15-13(11-7-3-1-4-8-11)14-12-9-5-2-6-10-12;8-7(9)6-4-2-1-3-5-6/h1-10H,(H,14,15);1-5H,(H2,8,9). The molecule has 120 valence electrons. The summed E-state index contributed by atoms with van der Waals surface area (Å²) in [5.74, 6) is -0.0817. The summed E-state index contributed by atoms with van der Waals surface area (Å²) in [5, 5.41) is 2.82. The molecule has 0 spiro atoms. The number of hydrogen-bond donors (Lipinski definition) is 2. The van der Waals surface area contributed by atoms with E-state index in [0.29, 0.717) is 10.6 Å². The van der Waals surface area contributed by atoms with Crippen molar-refractivity contribution in [1.82, 2.24) is 0 Å². The maximum Gasteiger partial charge on any atom is 0.255 e. The summed E-state index contributed by atoms with van der Waals surface area (Å²) >= 11 is 4.74. The van der Waals surface area contributed by atoms with Crippen LogP contribution in [0.4, 0.5) is 5.69 Å². The lowest BCUT2D eigenvalue weighted by Crippen LogP contribution is -2.11. The third-order valence-electron chi connectivity index (χ3n) is 3.13. The van der Waals surface area contributed by atoms with Gasteiger partial charge >= 0.3 is 0 Å². The number of nitrogens with one attached hydrogen (secondary N) is 1. The molecule has 3 aromatic carbocycles. The number of rotatable bonds is 3. The van der Waals surface area contributed by atoms with Crippen LogP contribution in [0.2, 0.25) is 0 Å². The predicted molar refractivity (Wildman–Crippen MR) is 103 cm³/mol. The topological polar surface area (TPSA) is 55.1 Å². The molecule has 3 rings (SSSR count). The van der Waals surface area contributed by atoms with Crippen molar-refractivity contribution in [2.75, 3.05) is 5.32 Å². The van der Waals surface area contributed by atoms with Crippen molar-refractivity contribution < 1.29 is 4.79 Å². The van der Waals surface area contributed by atoms with Gasteiger partial charge < -0.3 is 11.1 Å². The third-order valence-corrected chi connectivity index (χ3v) is 3.36. The van der Waals surface area contributed by atoms with Crippen LogP contribution < -0.4 is 11.1 Å². The smallest absolute Gasteiger partial charge is 0.255 e. The van der Waals surface area contributed by atoms with Gasteiger partial charge in [0.25, 0.3) is 5.91 Å². The minimum absolute atomic E-state index is 0.0817. The first kappa shape index (κ1) is 17.4. The summed E-state index contributed by atoms with van der Waals surface area (Å²) in [5.41, 5.74) is 7.75. The summed E-state index contributed by atoms with van der Waals surface area (Å²) in [6.45, 7) is 0. The van der Waals surface area contributed by atoms with Crippen LogP contribution in [0.1, 0.15) is 15.9 Å². The van der Waals surface area contributed by atoms with Gasteiger partial charge in [0.2, 0.25) is 0 Å². The van der Waals surface area contributed by atoms with Crippen molar-refractivity contribution in [2.45, 2.75) is 0 Å². The van der Waals surface area contributed by atoms with Crippen LogP contribution in [-0.4, -0.2) is 10.9 Å². The Morgan fingerprint density at radius 1 is 0.708 bits per heavy atom. The summed E-state index contributed by atoms with van der Waals surface area (Å²) in [6.07, 6.45) is 0. The second-order valence-corrected chi connectivity index (χ2v) is 5.36. The molecule has 0 radical (unpaired) electrons. The van der Waals surface area contributed by atoms with Crippen LogP contribution >= 0.6 is 12.2 Å². The van der Waals surface area contributed by atoms with E-state index in [9.17, 15) is 4.79 Å². The molecule has 4 heteroatoms. The Morgan fingerprint density at radius 3 is 1.54 bits per heavy atom. The summed E-state index contributed by atoms with van der Waals surface area (Å²) in [7, 11) is 0. The number of carbonyl (C=O) groups excluding carboxylic acids is 1. The molecule has 0 bridgehead atoms. The fourth-order valence-electron chi connectivity index (χ4n) is 1.92.